The Hall–Kier alpha value is -2.60. The second kappa shape index (κ2) is 9.55. The molecule has 0 atom stereocenters. The van der Waals surface area contributed by atoms with E-state index in [9.17, 15) is 0 Å². The SMILES string of the molecule is CC(C)=CCCCCc1cc(C)ccc1-c1ccc(C)cc1-c1ccccc1. The Morgan fingerprint density at radius 3 is 2.11 bits per heavy atom. The molecule has 0 radical (unpaired) electrons. The fourth-order valence-electron chi connectivity index (χ4n) is 3.79. The second-order valence-electron chi connectivity index (χ2n) is 8.10. The largest absolute Gasteiger partial charge is 0.0859 e. The Morgan fingerprint density at radius 1 is 0.714 bits per heavy atom. The molecule has 0 fully saturated rings. The molecule has 0 heteroatoms. The van der Waals surface area contributed by atoms with Gasteiger partial charge in [0.1, 0.15) is 0 Å². The zero-order valence-electron chi connectivity index (χ0n) is 17.8. The highest BCUT2D eigenvalue weighted by Crippen LogP contribution is 2.35. The summed E-state index contributed by atoms with van der Waals surface area (Å²) in [5.74, 6) is 0. The molecule has 0 nitrogen and oxygen atoms in total. The van der Waals surface area contributed by atoms with E-state index in [0.717, 1.165) is 6.42 Å². The Morgan fingerprint density at radius 2 is 1.39 bits per heavy atom. The van der Waals surface area contributed by atoms with E-state index >= 15 is 0 Å². The molecule has 0 saturated carbocycles. The summed E-state index contributed by atoms with van der Waals surface area (Å²) in [5, 5.41) is 0. The highest BCUT2D eigenvalue weighted by molar-refractivity contribution is 5.85. The number of hydrogen-bond acceptors (Lipinski definition) is 0. The molecule has 0 aliphatic heterocycles. The lowest BCUT2D eigenvalue weighted by molar-refractivity contribution is 0.745. The summed E-state index contributed by atoms with van der Waals surface area (Å²) in [4.78, 5) is 0. The van der Waals surface area contributed by atoms with Crippen molar-refractivity contribution in [1.82, 2.24) is 0 Å². The van der Waals surface area contributed by atoms with E-state index in [1.165, 1.54) is 63.8 Å². The standard InChI is InChI=1S/C28H32/c1-21(2)11-7-5-10-14-25-19-22(3)15-17-26(25)27-18-16-23(4)20-28(27)24-12-8-6-9-13-24/h6,8-9,11-13,15-20H,5,7,10,14H2,1-4H3. The van der Waals surface area contributed by atoms with Crippen molar-refractivity contribution in [3.05, 3.63) is 95.1 Å². The van der Waals surface area contributed by atoms with Crippen LogP contribution in [-0.4, -0.2) is 0 Å². The Kier molecular flexibility index (Phi) is 6.87. The van der Waals surface area contributed by atoms with Crippen molar-refractivity contribution in [2.75, 3.05) is 0 Å². The summed E-state index contributed by atoms with van der Waals surface area (Å²) >= 11 is 0. The normalized spacial score (nSPS) is 10.7. The third-order valence-electron chi connectivity index (χ3n) is 5.26. The van der Waals surface area contributed by atoms with Gasteiger partial charge in [-0.05, 0) is 81.2 Å². The second-order valence-corrected chi connectivity index (χ2v) is 8.10. The van der Waals surface area contributed by atoms with Crippen molar-refractivity contribution in [2.24, 2.45) is 0 Å². The van der Waals surface area contributed by atoms with E-state index in [1.54, 1.807) is 0 Å². The lowest BCUT2D eigenvalue weighted by atomic mass is 9.88. The predicted molar refractivity (Wildman–Crippen MR) is 124 cm³/mol. The van der Waals surface area contributed by atoms with Gasteiger partial charge in [0.25, 0.3) is 0 Å². The van der Waals surface area contributed by atoms with Crippen LogP contribution in [-0.2, 0) is 6.42 Å². The van der Waals surface area contributed by atoms with E-state index in [-0.39, 0.29) is 0 Å². The minimum atomic E-state index is 1.13. The Labute approximate surface area is 171 Å². The number of aryl methyl sites for hydroxylation is 3. The summed E-state index contributed by atoms with van der Waals surface area (Å²) in [5.41, 5.74) is 10.9. The molecule has 3 aromatic carbocycles. The monoisotopic (exact) mass is 368 g/mol. The van der Waals surface area contributed by atoms with E-state index in [2.05, 4.69) is 101 Å². The molecule has 0 saturated heterocycles. The molecule has 0 spiro atoms. The molecular formula is C28H32. The number of hydrogen-bond donors (Lipinski definition) is 0. The first-order chi connectivity index (χ1) is 13.5. The smallest absolute Gasteiger partial charge is 0.0102 e. The van der Waals surface area contributed by atoms with Crippen LogP contribution in [0.3, 0.4) is 0 Å². The van der Waals surface area contributed by atoms with Crippen molar-refractivity contribution in [3.8, 4) is 22.3 Å². The van der Waals surface area contributed by atoms with Gasteiger partial charge in [0, 0.05) is 0 Å². The maximum atomic E-state index is 2.38. The topological polar surface area (TPSA) is 0 Å². The summed E-state index contributed by atoms with van der Waals surface area (Å²) in [6.45, 7) is 8.74. The Balaban J connectivity index is 1.95. The third-order valence-corrected chi connectivity index (χ3v) is 5.26. The van der Waals surface area contributed by atoms with Crippen LogP contribution in [0.15, 0.2) is 78.4 Å². The van der Waals surface area contributed by atoms with Gasteiger partial charge < -0.3 is 0 Å². The van der Waals surface area contributed by atoms with Crippen molar-refractivity contribution >= 4 is 0 Å². The summed E-state index contributed by atoms with van der Waals surface area (Å²) < 4.78 is 0. The van der Waals surface area contributed by atoms with Gasteiger partial charge in [-0.25, -0.2) is 0 Å². The molecule has 3 aromatic rings. The van der Waals surface area contributed by atoms with Crippen LogP contribution in [0.1, 0.15) is 49.8 Å². The van der Waals surface area contributed by atoms with E-state index in [1.807, 2.05) is 0 Å². The first kappa shape index (κ1) is 20.1. The molecule has 3 rings (SSSR count). The molecule has 0 N–H and O–H groups in total. The van der Waals surface area contributed by atoms with Crippen LogP contribution in [0.25, 0.3) is 22.3 Å². The average molecular weight is 369 g/mol. The van der Waals surface area contributed by atoms with Crippen molar-refractivity contribution in [3.63, 3.8) is 0 Å². The van der Waals surface area contributed by atoms with Gasteiger partial charge >= 0.3 is 0 Å². The quantitative estimate of drug-likeness (QED) is 0.290. The first-order valence-corrected chi connectivity index (χ1v) is 10.4. The zero-order valence-corrected chi connectivity index (χ0v) is 17.8. The average Bonchev–Trinajstić information content (AvgIpc) is 2.68. The van der Waals surface area contributed by atoms with Crippen molar-refractivity contribution < 1.29 is 0 Å². The van der Waals surface area contributed by atoms with Crippen LogP contribution in [0.2, 0.25) is 0 Å². The Bertz CT molecular complexity index is 941. The van der Waals surface area contributed by atoms with Gasteiger partial charge in [-0.2, -0.15) is 0 Å². The molecule has 0 heterocycles. The molecule has 0 aliphatic rings. The maximum absolute atomic E-state index is 2.38. The van der Waals surface area contributed by atoms with Crippen LogP contribution in [0.5, 0.6) is 0 Å². The molecule has 0 aromatic heterocycles. The number of unbranched alkanes of at least 4 members (excludes halogenated alkanes) is 2. The maximum Gasteiger partial charge on any atom is -0.0102 e. The van der Waals surface area contributed by atoms with Crippen LogP contribution in [0, 0.1) is 13.8 Å². The number of benzene rings is 3. The lowest BCUT2D eigenvalue weighted by Crippen LogP contribution is -1.95. The minimum Gasteiger partial charge on any atom is -0.0859 e. The fourth-order valence-corrected chi connectivity index (χ4v) is 3.79. The van der Waals surface area contributed by atoms with Gasteiger partial charge in [0.2, 0.25) is 0 Å². The van der Waals surface area contributed by atoms with Gasteiger partial charge in [0.05, 0.1) is 0 Å². The minimum absolute atomic E-state index is 1.13. The van der Waals surface area contributed by atoms with Crippen molar-refractivity contribution in [1.29, 1.82) is 0 Å². The van der Waals surface area contributed by atoms with Crippen molar-refractivity contribution in [2.45, 2.75) is 53.4 Å². The van der Waals surface area contributed by atoms with Crippen LogP contribution < -0.4 is 0 Å². The van der Waals surface area contributed by atoms with E-state index in [0.29, 0.717) is 0 Å². The van der Waals surface area contributed by atoms with Crippen LogP contribution in [0.4, 0.5) is 0 Å². The van der Waals surface area contributed by atoms with E-state index < -0.39 is 0 Å². The lowest BCUT2D eigenvalue weighted by Gasteiger charge is -2.16. The van der Waals surface area contributed by atoms with E-state index in [4.69, 9.17) is 0 Å². The highest BCUT2D eigenvalue weighted by Gasteiger charge is 2.12. The highest BCUT2D eigenvalue weighted by atomic mass is 14.2. The molecule has 0 aliphatic carbocycles. The van der Waals surface area contributed by atoms with Gasteiger partial charge in [-0.15, -0.1) is 0 Å². The van der Waals surface area contributed by atoms with Gasteiger partial charge in [0.15, 0.2) is 0 Å². The molecule has 0 unspecified atom stereocenters. The molecular weight excluding hydrogens is 336 g/mol. The number of allylic oxidation sites excluding steroid dienone is 2. The number of rotatable bonds is 7. The molecule has 28 heavy (non-hydrogen) atoms. The third kappa shape index (κ3) is 5.23. The fraction of sp³-hybridized carbons (Fsp3) is 0.286. The predicted octanol–water partition coefficient (Wildman–Crippen LogP) is 8.32. The zero-order chi connectivity index (χ0) is 19.9. The first-order valence-electron chi connectivity index (χ1n) is 10.4. The molecule has 0 bridgehead atoms. The van der Waals surface area contributed by atoms with Gasteiger partial charge in [-0.1, -0.05) is 89.5 Å². The van der Waals surface area contributed by atoms with Gasteiger partial charge in [-0.3, -0.25) is 0 Å². The summed E-state index contributed by atoms with van der Waals surface area (Å²) in [6.07, 6.45) is 7.15. The summed E-state index contributed by atoms with van der Waals surface area (Å²) in [7, 11) is 0. The summed E-state index contributed by atoms with van der Waals surface area (Å²) in [6, 6.07) is 24.6. The van der Waals surface area contributed by atoms with Crippen LogP contribution >= 0.6 is 0 Å². The molecule has 144 valence electrons. The molecule has 0 amide bonds.